The number of carboxylic acid groups (broad SMARTS) is 1. The quantitative estimate of drug-likeness (QED) is 0.576. The molecule has 21 heavy (non-hydrogen) atoms. The zero-order chi connectivity index (χ0) is 15.2. The minimum absolute atomic E-state index is 0.0983. The molecule has 0 saturated carbocycles. The number of carbonyl (C=O) groups excluding carboxylic acids is 1. The third-order valence-corrected chi connectivity index (χ3v) is 4.49. The van der Waals surface area contributed by atoms with Gasteiger partial charge in [0.25, 0.3) is 0 Å². The minimum Gasteiger partial charge on any atom is -0.481 e. The van der Waals surface area contributed by atoms with E-state index in [1.54, 1.807) is 11.0 Å². The van der Waals surface area contributed by atoms with Gasteiger partial charge in [0, 0.05) is 13.2 Å². The van der Waals surface area contributed by atoms with E-state index in [4.69, 9.17) is 9.47 Å². The van der Waals surface area contributed by atoms with Crippen LogP contribution in [0, 0.1) is 11.8 Å². The van der Waals surface area contributed by atoms with Gasteiger partial charge in [-0.2, -0.15) is 0 Å². The number of likely N-dealkylation sites (tertiary alicyclic amines) is 1. The standard InChI is InChI=1S/C15H21NO5/c1-9(2)20-7-3-6-16-8-15-5-4-10(21-15)11(14(18)19)12(15)13(16)17/h4-5,9-12H,3,6-8H2,1-2H3,(H,18,19)/t10-,11+,12-,15+/m1/s1. The SMILES string of the molecule is CC(C)OCCCN1C[C@]23C=C[C@@H](O2)[C@H](C(=O)O)[C@@H]3C1=O. The fourth-order valence-corrected chi connectivity index (χ4v) is 3.62. The summed E-state index contributed by atoms with van der Waals surface area (Å²) in [6, 6.07) is 0. The average molecular weight is 295 g/mol. The molecule has 2 saturated heterocycles. The lowest BCUT2D eigenvalue weighted by Crippen LogP contribution is -2.39. The lowest BCUT2D eigenvalue weighted by atomic mass is 9.77. The monoisotopic (exact) mass is 295 g/mol. The molecule has 1 N–H and O–H groups in total. The first-order valence-electron chi connectivity index (χ1n) is 7.45. The molecule has 0 aliphatic carbocycles. The Kier molecular flexibility index (Phi) is 3.53. The molecule has 0 unspecified atom stereocenters. The molecule has 1 spiro atoms. The summed E-state index contributed by atoms with van der Waals surface area (Å²) in [5.41, 5.74) is -0.719. The first kappa shape index (κ1) is 14.5. The second kappa shape index (κ2) is 5.10. The van der Waals surface area contributed by atoms with E-state index >= 15 is 0 Å². The predicted molar refractivity (Wildman–Crippen MR) is 73.6 cm³/mol. The summed E-state index contributed by atoms with van der Waals surface area (Å²) in [6.45, 7) is 5.58. The summed E-state index contributed by atoms with van der Waals surface area (Å²) >= 11 is 0. The number of carbonyl (C=O) groups is 2. The second-order valence-corrected chi connectivity index (χ2v) is 6.27. The van der Waals surface area contributed by atoms with Gasteiger partial charge in [-0.15, -0.1) is 0 Å². The van der Waals surface area contributed by atoms with Crippen molar-refractivity contribution in [1.29, 1.82) is 0 Å². The molecule has 116 valence electrons. The molecule has 3 aliphatic heterocycles. The van der Waals surface area contributed by atoms with Gasteiger partial charge in [-0.3, -0.25) is 9.59 Å². The van der Waals surface area contributed by atoms with Crippen LogP contribution in [-0.2, 0) is 19.1 Å². The molecule has 0 radical (unpaired) electrons. The van der Waals surface area contributed by atoms with E-state index in [0.717, 1.165) is 6.42 Å². The zero-order valence-electron chi connectivity index (χ0n) is 12.3. The highest BCUT2D eigenvalue weighted by atomic mass is 16.5. The van der Waals surface area contributed by atoms with Crippen molar-refractivity contribution in [3.63, 3.8) is 0 Å². The number of nitrogens with zero attached hydrogens (tertiary/aromatic N) is 1. The topological polar surface area (TPSA) is 76.1 Å². The van der Waals surface area contributed by atoms with Gasteiger partial charge in [-0.1, -0.05) is 12.2 Å². The van der Waals surface area contributed by atoms with Crippen LogP contribution in [0.3, 0.4) is 0 Å². The molecule has 2 fully saturated rings. The van der Waals surface area contributed by atoms with Crippen LogP contribution < -0.4 is 0 Å². The van der Waals surface area contributed by atoms with Crippen LogP contribution in [0.4, 0.5) is 0 Å². The number of aliphatic carboxylic acids is 1. The smallest absolute Gasteiger partial charge is 0.310 e. The summed E-state index contributed by atoms with van der Waals surface area (Å²) < 4.78 is 11.3. The van der Waals surface area contributed by atoms with Crippen molar-refractivity contribution in [2.24, 2.45) is 11.8 Å². The number of carboxylic acids is 1. The second-order valence-electron chi connectivity index (χ2n) is 6.27. The van der Waals surface area contributed by atoms with Crippen LogP contribution in [-0.4, -0.2) is 59.4 Å². The normalized spacial score (nSPS) is 36.8. The van der Waals surface area contributed by atoms with Crippen LogP contribution in [0.15, 0.2) is 12.2 Å². The van der Waals surface area contributed by atoms with Crippen molar-refractivity contribution in [2.45, 2.75) is 38.1 Å². The van der Waals surface area contributed by atoms with Gasteiger partial charge in [0.2, 0.25) is 5.91 Å². The van der Waals surface area contributed by atoms with Gasteiger partial charge in [0.05, 0.1) is 24.7 Å². The molecule has 2 bridgehead atoms. The molecular weight excluding hydrogens is 274 g/mol. The highest BCUT2D eigenvalue weighted by Gasteiger charge is 2.66. The third kappa shape index (κ3) is 2.26. The maximum absolute atomic E-state index is 12.5. The Labute approximate surface area is 123 Å². The molecule has 0 aromatic carbocycles. The van der Waals surface area contributed by atoms with Gasteiger partial charge in [-0.05, 0) is 20.3 Å². The number of hydrogen-bond donors (Lipinski definition) is 1. The summed E-state index contributed by atoms with van der Waals surface area (Å²) in [5, 5.41) is 9.35. The van der Waals surface area contributed by atoms with Crippen LogP contribution in [0.5, 0.6) is 0 Å². The molecular formula is C15H21NO5. The number of rotatable bonds is 6. The lowest BCUT2D eigenvalue weighted by molar-refractivity contribution is -0.148. The molecule has 3 rings (SSSR count). The van der Waals surface area contributed by atoms with Gasteiger partial charge in [-0.25, -0.2) is 0 Å². The van der Waals surface area contributed by atoms with Crippen molar-refractivity contribution in [1.82, 2.24) is 4.90 Å². The van der Waals surface area contributed by atoms with Crippen molar-refractivity contribution < 1.29 is 24.2 Å². The fraction of sp³-hybridized carbons (Fsp3) is 0.733. The molecule has 6 heteroatoms. The van der Waals surface area contributed by atoms with E-state index in [9.17, 15) is 14.7 Å². The van der Waals surface area contributed by atoms with E-state index < -0.39 is 29.5 Å². The Morgan fingerprint density at radius 2 is 2.38 bits per heavy atom. The van der Waals surface area contributed by atoms with E-state index in [2.05, 4.69) is 0 Å². The Balaban J connectivity index is 1.65. The lowest BCUT2D eigenvalue weighted by Gasteiger charge is -2.21. The van der Waals surface area contributed by atoms with Crippen LogP contribution in [0.2, 0.25) is 0 Å². The molecule has 0 aromatic heterocycles. The predicted octanol–water partition coefficient (Wildman–Crippen LogP) is 0.668. The van der Waals surface area contributed by atoms with Crippen LogP contribution >= 0.6 is 0 Å². The number of fused-ring (bicyclic) bond motifs is 1. The van der Waals surface area contributed by atoms with Crippen molar-refractivity contribution in [2.75, 3.05) is 19.7 Å². The largest absolute Gasteiger partial charge is 0.481 e. The van der Waals surface area contributed by atoms with Crippen molar-refractivity contribution in [3.05, 3.63) is 12.2 Å². The summed E-state index contributed by atoms with van der Waals surface area (Å²) in [5.74, 6) is -2.37. The summed E-state index contributed by atoms with van der Waals surface area (Å²) in [7, 11) is 0. The highest BCUT2D eigenvalue weighted by Crippen LogP contribution is 2.51. The van der Waals surface area contributed by atoms with E-state index in [1.807, 2.05) is 19.9 Å². The minimum atomic E-state index is -0.949. The van der Waals surface area contributed by atoms with Gasteiger partial charge in [0.1, 0.15) is 11.5 Å². The van der Waals surface area contributed by atoms with Crippen molar-refractivity contribution in [3.8, 4) is 0 Å². The molecule has 4 atom stereocenters. The van der Waals surface area contributed by atoms with E-state index in [-0.39, 0.29) is 12.0 Å². The maximum Gasteiger partial charge on any atom is 0.310 e. The fourth-order valence-electron chi connectivity index (χ4n) is 3.62. The first-order valence-corrected chi connectivity index (χ1v) is 7.45. The summed E-state index contributed by atoms with van der Waals surface area (Å²) in [4.78, 5) is 25.7. The Hall–Kier alpha value is -1.40. The highest BCUT2D eigenvalue weighted by molar-refractivity contribution is 5.90. The number of amides is 1. The summed E-state index contributed by atoms with van der Waals surface area (Å²) in [6.07, 6.45) is 4.13. The Morgan fingerprint density at radius 3 is 3.05 bits per heavy atom. The number of hydrogen-bond acceptors (Lipinski definition) is 4. The van der Waals surface area contributed by atoms with E-state index in [0.29, 0.717) is 19.7 Å². The molecule has 3 aliphatic rings. The molecule has 0 aromatic rings. The zero-order valence-corrected chi connectivity index (χ0v) is 12.3. The van der Waals surface area contributed by atoms with Gasteiger partial charge in [0.15, 0.2) is 0 Å². The molecule has 1 amide bonds. The number of ether oxygens (including phenoxy) is 2. The van der Waals surface area contributed by atoms with Crippen LogP contribution in [0.25, 0.3) is 0 Å². The maximum atomic E-state index is 12.5. The van der Waals surface area contributed by atoms with Gasteiger partial charge < -0.3 is 19.5 Å². The first-order chi connectivity index (χ1) is 9.94. The van der Waals surface area contributed by atoms with E-state index in [1.165, 1.54) is 0 Å². The van der Waals surface area contributed by atoms with Crippen molar-refractivity contribution >= 4 is 11.9 Å². The average Bonchev–Trinajstić information content (AvgIpc) is 3.03. The Bertz CT molecular complexity index is 488. The molecule has 6 nitrogen and oxygen atoms in total. The van der Waals surface area contributed by atoms with Gasteiger partial charge >= 0.3 is 5.97 Å². The third-order valence-electron chi connectivity index (χ3n) is 4.49. The Morgan fingerprint density at radius 1 is 1.62 bits per heavy atom. The van der Waals surface area contributed by atoms with Crippen LogP contribution in [0.1, 0.15) is 20.3 Å². The molecule has 3 heterocycles.